The van der Waals surface area contributed by atoms with Crippen LogP contribution in [0.25, 0.3) is 0 Å². The van der Waals surface area contributed by atoms with Gasteiger partial charge in [0.05, 0.1) is 23.6 Å². The molecule has 1 spiro atoms. The molecule has 0 radical (unpaired) electrons. The zero-order valence-corrected chi connectivity index (χ0v) is 18.2. The largest absolute Gasteiger partial charge is 0.349 e. The molecular weight excluding hydrogens is 461 g/mol. The molecule has 34 heavy (non-hydrogen) atoms. The van der Waals surface area contributed by atoms with Crippen LogP contribution in [0.3, 0.4) is 0 Å². The van der Waals surface area contributed by atoms with E-state index in [1.54, 1.807) is 30.3 Å². The van der Waals surface area contributed by atoms with E-state index in [9.17, 15) is 23.6 Å². The molecule has 6 rings (SSSR count). The van der Waals surface area contributed by atoms with Crippen molar-refractivity contribution in [3.05, 3.63) is 100 Å². The molecule has 2 heterocycles. The molecule has 0 aromatic heterocycles. The highest BCUT2D eigenvalue weighted by molar-refractivity contribution is 6.37. The van der Waals surface area contributed by atoms with Crippen molar-refractivity contribution < 1.29 is 28.3 Å². The summed E-state index contributed by atoms with van der Waals surface area (Å²) in [5.41, 5.74) is -1.26. The van der Waals surface area contributed by atoms with Crippen molar-refractivity contribution in [3.63, 3.8) is 0 Å². The maximum Gasteiger partial charge on any atom is 0.241 e. The van der Waals surface area contributed by atoms with Gasteiger partial charge in [-0.1, -0.05) is 54.1 Å². The number of carbonyl (C=O) groups excluding carboxylic acids is 4. The average molecular weight is 476 g/mol. The number of hydrogen-bond acceptors (Lipinski definition) is 5. The Balaban J connectivity index is 1.55. The van der Waals surface area contributed by atoms with E-state index in [0.717, 1.165) is 4.90 Å². The minimum absolute atomic E-state index is 0.146. The molecule has 8 heteroatoms. The average Bonchev–Trinajstić information content (AvgIpc) is 3.40. The van der Waals surface area contributed by atoms with E-state index in [1.165, 1.54) is 42.5 Å². The molecule has 2 aliphatic heterocycles. The van der Waals surface area contributed by atoms with E-state index in [-0.39, 0.29) is 16.8 Å². The highest BCUT2D eigenvalue weighted by Crippen LogP contribution is 2.57. The second-order valence-electron chi connectivity index (χ2n) is 8.52. The molecule has 1 aliphatic carbocycles. The number of Topliss-reactive ketones (excluding diaryl/α,β-unsaturated/α-hetero) is 2. The summed E-state index contributed by atoms with van der Waals surface area (Å²) in [6.45, 7) is 0. The molecule has 168 valence electrons. The van der Waals surface area contributed by atoms with Crippen molar-refractivity contribution in [1.82, 2.24) is 0 Å². The lowest BCUT2D eigenvalue weighted by Crippen LogP contribution is -2.51. The fraction of sp³-hybridized carbons (Fsp3) is 0.154. The number of carbonyl (C=O) groups is 4. The second kappa shape index (κ2) is 7.16. The van der Waals surface area contributed by atoms with Crippen LogP contribution in [-0.2, 0) is 14.3 Å². The predicted octanol–water partition coefficient (Wildman–Crippen LogP) is 4.17. The molecule has 0 saturated carbocycles. The predicted molar refractivity (Wildman–Crippen MR) is 119 cm³/mol. The van der Waals surface area contributed by atoms with Gasteiger partial charge < -0.3 is 4.74 Å². The molecule has 3 atom stereocenters. The third kappa shape index (κ3) is 2.59. The maximum atomic E-state index is 13.8. The fourth-order valence-electron chi connectivity index (χ4n) is 5.34. The molecule has 2 saturated heterocycles. The standard InChI is InChI=1S/C26H15ClFNO5/c27-14-4-3-5-16(12-14)29-24(32)19-20(25(29)33)26(34-21(19)13-8-10-15(28)11-9-13)22(30)17-6-1-2-7-18(17)23(26)31/h1-12,19-21H/t19-,20+,21-/m0/s1. The van der Waals surface area contributed by atoms with Crippen LogP contribution in [0.5, 0.6) is 0 Å². The summed E-state index contributed by atoms with van der Waals surface area (Å²) in [5.74, 6) is -5.65. The minimum atomic E-state index is -2.17. The monoisotopic (exact) mass is 475 g/mol. The van der Waals surface area contributed by atoms with E-state index in [1.807, 2.05) is 0 Å². The Morgan fingerprint density at radius 1 is 0.824 bits per heavy atom. The Hall–Kier alpha value is -3.68. The Labute approximate surface area is 197 Å². The SMILES string of the molecule is O=C1[C@@H]2[C@H](c3ccc(F)cc3)OC3(C(=O)c4ccccc4C3=O)[C@H]2C(=O)N1c1cccc(Cl)c1. The molecule has 0 bridgehead atoms. The lowest BCUT2D eigenvalue weighted by Gasteiger charge is -2.27. The molecule has 3 aromatic carbocycles. The highest BCUT2D eigenvalue weighted by atomic mass is 35.5. The normalized spacial score (nSPS) is 24.8. The van der Waals surface area contributed by atoms with Crippen LogP contribution in [0.2, 0.25) is 5.02 Å². The molecule has 0 unspecified atom stereocenters. The number of benzene rings is 3. The minimum Gasteiger partial charge on any atom is -0.349 e. The van der Waals surface area contributed by atoms with Gasteiger partial charge in [-0.2, -0.15) is 0 Å². The Morgan fingerprint density at radius 3 is 2.09 bits per heavy atom. The third-order valence-electron chi connectivity index (χ3n) is 6.78. The summed E-state index contributed by atoms with van der Waals surface area (Å²) < 4.78 is 19.8. The van der Waals surface area contributed by atoms with Crippen molar-refractivity contribution in [3.8, 4) is 0 Å². The number of nitrogens with zero attached hydrogens (tertiary/aromatic N) is 1. The first kappa shape index (κ1) is 20.9. The number of rotatable bonds is 2. The number of ether oxygens (including phenoxy) is 1. The molecule has 3 aromatic rings. The maximum absolute atomic E-state index is 13.8. The van der Waals surface area contributed by atoms with Gasteiger partial charge in [0.2, 0.25) is 29.0 Å². The van der Waals surface area contributed by atoms with Gasteiger partial charge in [0, 0.05) is 16.1 Å². The third-order valence-corrected chi connectivity index (χ3v) is 7.02. The van der Waals surface area contributed by atoms with Crippen molar-refractivity contribution in [2.75, 3.05) is 4.90 Å². The number of hydrogen-bond donors (Lipinski definition) is 0. The first-order valence-corrected chi connectivity index (χ1v) is 11.0. The number of ketones is 2. The van der Waals surface area contributed by atoms with Crippen LogP contribution in [-0.4, -0.2) is 29.0 Å². The number of imide groups is 1. The summed E-state index contributed by atoms with van der Waals surface area (Å²) in [6, 6.07) is 17.7. The van der Waals surface area contributed by atoms with Crippen LogP contribution < -0.4 is 4.90 Å². The van der Waals surface area contributed by atoms with Crippen molar-refractivity contribution in [2.24, 2.45) is 11.8 Å². The molecule has 2 fully saturated rings. The molecule has 2 amide bonds. The fourth-order valence-corrected chi connectivity index (χ4v) is 5.52. The Kier molecular flexibility index (Phi) is 4.40. The summed E-state index contributed by atoms with van der Waals surface area (Å²) in [6.07, 6.45) is -1.10. The number of anilines is 1. The quantitative estimate of drug-likeness (QED) is 0.410. The molecule has 0 N–H and O–H groups in total. The summed E-state index contributed by atoms with van der Waals surface area (Å²) >= 11 is 6.09. The van der Waals surface area contributed by atoms with Gasteiger partial charge in [-0.3, -0.25) is 19.2 Å². The van der Waals surface area contributed by atoms with Crippen LogP contribution in [0.1, 0.15) is 32.4 Å². The lowest BCUT2D eigenvalue weighted by molar-refractivity contribution is -0.127. The number of fused-ring (bicyclic) bond motifs is 3. The number of amides is 2. The number of halogens is 2. The summed E-state index contributed by atoms with van der Waals surface area (Å²) in [5, 5.41) is 0.316. The van der Waals surface area contributed by atoms with Crippen molar-refractivity contribution >= 4 is 40.7 Å². The topological polar surface area (TPSA) is 80.8 Å². The van der Waals surface area contributed by atoms with Crippen LogP contribution in [0.4, 0.5) is 10.1 Å². The van der Waals surface area contributed by atoms with Gasteiger partial charge in [0.25, 0.3) is 0 Å². The van der Waals surface area contributed by atoms with Gasteiger partial charge >= 0.3 is 0 Å². The zero-order chi connectivity index (χ0) is 23.8. The smallest absolute Gasteiger partial charge is 0.241 e. The highest BCUT2D eigenvalue weighted by Gasteiger charge is 2.74. The second-order valence-corrected chi connectivity index (χ2v) is 8.96. The molecule has 3 aliphatic rings. The van der Waals surface area contributed by atoms with Gasteiger partial charge in [0.15, 0.2) is 0 Å². The summed E-state index contributed by atoms with van der Waals surface area (Å²) in [7, 11) is 0. The van der Waals surface area contributed by atoms with E-state index in [2.05, 4.69) is 0 Å². The molecule has 6 nitrogen and oxygen atoms in total. The Bertz CT molecular complexity index is 1380. The Morgan fingerprint density at radius 2 is 1.47 bits per heavy atom. The van der Waals surface area contributed by atoms with Crippen molar-refractivity contribution in [2.45, 2.75) is 11.7 Å². The van der Waals surface area contributed by atoms with Crippen LogP contribution >= 0.6 is 11.6 Å². The van der Waals surface area contributed by atoms with E-state index in [0.29, 0.717) is 10.6 Å². The van der Waals surface area contributed by atoms with Gasteiger partial charge in [-0.05, 0) is 35.9 Å². The van der Waals surface area contributed by atoms with E-state index in [4.69, 9.17) is 16.3 Å². The van der Waals surface area contributed by atoms with Crippen molar-refractivity contribution in [1.29, 1.82) is 0 Å². The van der Waals surface area contributed by atoms with Gasteiger partial charge in [0.1, 0.15) is 5.82 Å². The van der Waals surface area contributed by atoms with Gasteiger partial charge in [-0.15, -0.1) is 0 Å². The van der Waals surface area contributed by atoms with E-state index >= 15 is 0 Å². The first-order valence-electron chi connectivity index (χ1n) is 10.6. The van der Waals surface area contributed by atoms with Crippen LogP contribution in [0, 0.1) is 17.7 Å². The van der Waals surface area contributed by atoms with E-state index < -0.39 is 52.7 Å². The summed E-state index contributed by atoms with van der Waals surface area (Å²) in [4.78, 5) is 55.7. The first-order chi connectivity index (χ1) is 16.3. The zero-order valence-electron chi connectivity index (χ0n) is 17.4. The molecular formula is C26H15ClFNO5. The lowest BCUT2D eigenvalue weighted by atomic mass is 9.77. The van der Waals surface area contributed by atoms with Crippen LogP contribution in [0.15, 0.2) is 72.8 Å². The van der Waals surface area contributed by atoms with Gasteiger partial charge in [-0.25, -0.2) is 9.29 Å².